The van der Waals surface area contributed by atoms with Crippen molar-refractivity contribution in [2.24, 2.45) is 10.1 Å². The molecule has 0 N–H and O–H groups in total. The summed E-state index contributed by atoms with van der Waals surface area (Å²) >= 11 is 0. The first kappa shape index (κ1) is 15.3. The second-order valence-corrected chi connectivity index (χ2v) is 3.74. The second kappa shape index (κ2) is 5.33. The van der Waals surface area contributed by atoms with Crippen LogP contribution in [0.4, 0.5) is 26.3 Å². The van der Waals surface area contributed by atoms with Crippen LogP contribution >= 0.6 is 0 Å². The van der Waals surface area contributed by atoms with Gasteiger partial charge in [-0.2, -0.15) is 16.8 Å². The number of allylic oxidation sites excluding steroid dienone is 2. The maximum Gasteiger partial charge on any atom is 0.206 e. The molecule has 1 aliphatic carbocycles. The van der Waals surface area contributed by atoms with Crippen LogP contribution < -0.4 is 0 Å². The third-order valence-corrected chi connectivity index (χ3v) is 2.66. The van der Waals surface area contributed by atoms with Gasteiger partial charge in [0.15, 0.2) is 40.6 Å². The van der Waals surface area contributed by atoms with Gasteiger partial charge >= 0.3 is 0 Å². The maximum atomic E-state index is 13.8. The molecule has 4 nitrogen and oxygen atoms in total. The van der Waals surface area contributed by atoms with E-state index in [2.05, 4.69) is 15.0 Å². The van der Waals surface area contributed by atoms with Crippen molar-refractivity contribution in [2.45, 2.75) is 0 Å². The number of halogens is 6. The molecule has 0 atom stereocenters. The summed E-state index contributed by atoms with van der Waals surface area (Å²) in [6, 6.07) is 0. The number of aliphatic imine (C=N–C) groups is 1. The maximum absolute atomic E-state index is 13.8. The molecule has 10 heteroatoms. The number of benzene rings is 1. The van der Waals surface area contributed by atoms with Gasteiger partial charge in [-0.3, -0.25) is 0 Å². The smallest absolute Gasteiger partial charge is 0.203 e. The molecular formula is C12F6N4. The molecule has 0 bridgehead atoms. The lowest BCUT2D eigenvalue weighted by atomic mass is 9.90. The molecule has 22 heavy (non-hydrogen) atoms. The lowest BCUT2D eigenvalue weighted by Gasteiger charge is -2.17. The zero-order valence-electron chi connectivity index (χ0n) is 10.1. The van der Waals surface area contributed by atoms with Crippen LogP contribution in [0.1, 0.15) is 11.1 Å². The van der Waals surface area contributed by atoms with Crippen LogP contribution in [0.25, 0.3) is 4.95 Å². The third-order valence-electron chi connectivity index (χ3n) is 2.66. The Balaban J connectivity index is 3.09. The van der Waals surface area contributed by atoms with Crippen LogP contribution in [0.5, 0.6) is 0 Å². The fourth-order valence-electron chi connectivity index (χ4n) is 1.80. The summed E-state index contributed by atoms with van der Waals surface area (Å²) in [7, 11) is 0. The van der Waals surface area contributed by atoms with Gasteiger partial charge in [-0.1, -0.05) is 0 Å². The Hall–Kier alpha value is -3.14. The van der Waals surface area contributed by atoms with Crippen molar-refractivity contribution < 1.29 is 26.3 Å². The van der Waals surface area contributed by atoms with E-state index in [4.69, 9.17) is 11.8 Å². The largest absolute Gasteiger partial charge is 0.206 e. The first-order valence-corrected chi connectivity index (χ1v) is 5.20. The van der Waals surface area contributed by atoms with Gasteiger partial charge in [0.2, 0.25) is 6.19 Å². The van der Waals surface area contributed by atoms with E-state index in [1.807, 2.05) is 0 Å². The fourth-order valence-corrected chi connectivity index (χ4v) is 1.80. The number of nitriles is 1. The monoisotopic (exact) mass is 314 g/mol. The van der Waals surface area contributed by atoms with Crippen molar-refractivity contribution in [3.63, 3.8) is 0 Å². The minimum absolute atomic E-state index is 0.998. The molecule has 0 aromatic heterocycles. The summed E-state index contributed by atoms with van der Waals surface area (Å²) in [5.74, 6) is -12.7. The van der Waals surface area contributed by atoms with Gasteiger partial charge < -0.3 is 0 Å². The predicted molar refractivity (Wildman–Crippen MR) is 60.8 cm³/mol. The van der Waals surface area contributed by atoms with Crippen LogP contribution in [0.3, 0.4) is 0 Å². The highest BCUT2D eigenvalue weighted by molar-refractivity contribution is 6.29. The summed E-state index contributed by atoms with van der Waals surface area (Å²) in [5.41, 5.74) is -5.40. The molecule has 0 aliphatic heterocycles. The van der Waals surface area contributed by atoms with Gasteiger partial charge in [0.25, 0.3) is 0 Å². The van der Waals surface area contributed by atoms with Crippen molar-refractivity contribution in [3.8, 4) is 6.19 Å². The van der Waals surface area contributed by atoms with E-state index in [1.54, 1.807) is 0 Å². The van der Waals surface area contributed by atoms with E-state index >= 15 is 0 Å². The lowest BCUT2D eigenvalue weighted by Crippen LogP contribution is -2.25. The number of hydrogen-bond donors (Lipinski definition) is 0. The third kappa shape index (κ3) is 1.93. The number of rotatable bonds is 0. The minimum atomic E-state index is -2.31. The lowest BCUT2D eigenvalue weighted by molar-refractivity contribution is 0.406. The zero-order chi connectivity index (χ0) is 16.6. The van der Waals surface area contributed by atoms with E-state index in [-0.39, 0.29) is 0 Å². The molecule has 0 saturated heterocycles. The standard InChI is InChI=1S/C12F6N4/c1-20-22-12-4-3(5(13)7(15)8(16)6(4)14)11(21-2-19)9(17)10(12)18/b21-11?,22-12-. The molecule has 110 valence electrons. The first-order valence-electron chi connectivity index (χ1n) is 5.20. The van der Waals surface area contributed by atoms with Gasteiger partial charge in [-0.15, -0.1) is 4.95 Å². The highest BCUT2D eigenvalue weighted by Gasteiger charge is 2.40. The molecule has 0 unspecified atom stereocenters. The van der Waals surface area contributed by atoms with Crippen molar-refractivity contribution in [1.82, 2.24) is 0 Å². The average Bonchev–Trinajstić information content (AvgIpc) is 2.50. The van der Waals surface area contributed by atoms with Gasteiger partial charge in [0, 0.05) is 0 Å². The Morgan fingerprint density at radius 1 is 0.818 bits per heavy atom. The van der Waals surface area contributed by atoms with E-state index in [1.165, 1.54) is 0 Å². The van der Waals surface area contributed by atoms with Crippen molar-refractivity contribution in [3.05, 3.63) is 57.6 Å². The summed E-state index contributed by atoms with van der Waals surface area (Å²) in [5, 5.41) is 11.1. The highest BCUT2D eigenvalue weighted by Crippen LogP contribution is 2.35. The summed E-state index contributed by atoms with van der Waals surface area (Å²) in [6.45, 7) is 6.45. The van der Waals surface area contributed by atoms with Gasteiger partial charge in [0.05, 0.1) is 16.2 Å². The van der Waals surface area contributed by atoms with Crippen molar-refractivity contribution >= 4 is 11.4 Å². The Morgan fingerprint density at radius 3 is 1.73 bits per heavy atom. The molecule has 0 spiro atoms. The van der Waals surface area contributed by atoms with E-state index in [0.717, 1.165) is 6.19 Å². The molecule has 0 radical (unpaired) electrons. The number of nitrogens with zero attached hydrogens (tertiary/aromatic N) is 4. The summed E-state index contributed by atoms with van der Waals surface area (Å²) in [4.78, 5) is 5.07. The molecule has 0 amide bonds. The van der Waals surface area contributed by atoms with Crippen LogP contribution in [0.2, 0.25) is 0 Å². The minimum Gasteiger partial charge on any atom is -0.203 e. The van der Waals surface area contributed by atoms with Gasteiger partial charge in [0.1, 0.15) is 5.71 Å². The number of hydrogen-bond acceptors (Lipinski definition) is 3. The molecule has 0 heterocycles. The van der Waals surface area contributed by atoms with E-state index < -0.39 is 57.5 Å². The van der Waals surface area contributed by atoms with Crippen molar-refractivity contribution in [2.75, 3.05) is 0 Å². The fraction of sp³-hybridized carbons (Fsp3) is 0. The Bertz CT molecular complexity index is 798. The summed E-state index contributed by atoms with van der Waals surface area (Å²) < 4.78 is 81.7. The molecule has 0 fully saturated rings. The second-order valence-electron chi connectivity index (χ2n) is 3.74. The molecule has 2 rings (SSSR count). The Kier molecular flexibility index (Phi) is 3.70. The van der Waals surface area contributed by atoms with Crippen molar-refractivity contribution in [1.29, 1.82) is 5.26 Å². The SMILES string of the molecule is [C-]#[N+]/N=C1\C(F)=C(F)C(=NC#N)c2c(F)c(F)c(F)c(F)c21. The first-order chi connectivity index (χ1) is 10.4. The van der Waals surface area contributed by atoms with Gasteiger partial charge in [-0.25, -0.2) is 26.3 Å². The van der Waals surface area contributed by atoms with E-state index in [9.17, 15) is 26.3 Å². The molecule has 0 saturated carbocycles. The normalized spacial score (nSPS) is 17.5. The zero-order valence-corrected chi connectivity index (χ0v) is 10.1. The van der Waals surface area contributed by atoms with Gasteiger partial charge in [-0.05, 0) is 0 Å². The van der Waals surface area contributed by atoms with Crippen LogP contribution in [-0.4, -0.2) is 11.4 Å². The average molecular weight is 314 g/mol. The summed E-state index contributed by atoms with van der Waals surface area (Å²) in [6.07, 6.45) is 0.998. The van der Waals surface area contributed by atoms with Crippen LogP contribution in [0, 0.1) is 41.3 Å². The number of fused-ring (bicyclic) bond motifs is 1. The molecule has 1 aromatic rings. The predicted octanol–water partition coefficient (Wildman–Crippen LogP) is 3.30. The molecule has 1 aliphatic rings. The Morgan fingerprint density at radius 2 is 1.27 bits per heavy atom. The van der Waals surface area contributed by atoms with Crippen LogP contribution in [0.15, 0.2) is 21.7 Å². The van der Waals surface area contributed by atoms with Crippen LogP contribution in [-0.2, 0) is 0 Å². The Labute approximate surface area is 118 Å². The highest BCUT2D eigenvalue weighted by atomic mass is 19.2. The molecule has 1 aromatic carbocycles. The quantitative estimate of drug-likeness (QED) is 0.181. The topological polar surface area (TPSA) is 52.9 Å². The van der Waals surface area contributed by atoms with E-state index in [0.29, 0.717) is 0 Å². The molecular weight excluding hydrogens is 314 g/mol.